The Balaban J connectivity index is 1.49. The maximum absolute atomic E-state index is 13.3. The number of hydrogen-bond acceptors (Lipinski definition) is 6. The first-order valence-corrected chi connectivity index (χ1v) is 12.3. The molecule has 0 bridgehead atoms. The van der Waals surface area contributed by atoms with Gasteiger partial charge >= 0.3 is 6.03 Å². The van der Waals surface area contributed by atoms with Crippen molar-refractivity contribution in [2.24, 2.45) is 11.8 Å². The summed E-state index contributed by atoms with van der Waals surface area (Å²) in [6.07, 6.45) is 0.151. The molecule has 1 atom stereocenters. The second kappa shape index (κ2) is 11.7. The Bertz CT molecular complexity index is 1350. The molecule has 0 aliphatic carbocycles. The summed E-state index contributed by atoms with van der Waals surface area (Å²) in [6, 6.07) is 23.0. The van der Waals surface area contributed by atoms with Gasteiger partial charge in [0, 0.05) is 19.8 Å². The highest BCUT2D eigenvalue weighted by Crippen LogP contribution is 2.23. The van der Waals surface area contributed by atoms with E-state index in [1.54, 1.807) is 78.9 Å². The number of anilines is 2. The van der Waals surface area contributed by atoms with E-state index in [0.29, 0.717) is 16.3 Å². The molecule has 0 radical (unpaired) electrons. The number of benzene rings is 3. The van der Waals surface area contributed by atoms with Crippen LogP contribution in [0.3, 0.4) is 0 Å². The van der Waals surface area contributed by atoms with Gasteiger partial charge in [0.1, 0.15) is 11.8 Å². The van der Waals surface area contributed by atoms with Gasteiger partial charge in [-0.3, -0.25) is 34.2 Å². The van der Waals surface area contributed by atoms with E-state index < -0.39 is 41.5 Å². The Morgan fingerprint density at radius 3 is 1.92 bits per heavy atom. The molecule has 2 N–H and O–H groups in total. The molecule has 1 aliphatic rings. The molecular formula is C29H28N4O6. The van der Waals surface area contributed by atoms with Crippen LogP contribution in [0.2, 0.25) is 0 Å². The highest BCUT2D eigenvalue weighted by molar-refractivity contribution is 6.16. The average Bonchev–Trinajstić information content (AvgIpc) is 2.97. The van der Waals surface area contributed by atoms with Crippen molar-refractivity contribution in [2.75, 3.05) is 24.5 Å². The molecule has 6 amide bonds. The summed E-state index contributed by atoms with van der Waals surface area (Å²) in [4.78, 5) is 65.3. The third-order valence-electron chi connectivity index (χ3n) is 6.60. The van der Waals surface area contributed by atoms with Crippen molar-refractivity contribution in [2.45, 2.75) is 12.8 Å². The lowest BCUT2D eigenvalue weighted by molar-refractivity contribution is -0.147. The van der Waals surface area contributed by atoms with E-state index in [1.807, 2.05) is 6.07 Å². The third kappa shape index (κ3) is 6.02. The zero-order chi connectivity index (χ0) is 28.1. The van der Waals surface area contributed by atoms with Crippen molar-refractivity contribution in [3.05, 3.63) is 96.1 Å². The summed E-state index contributed by atoms with van der Waals surface area (Å²) < 4.78 is 0. The van der Waals surface area contributed by atoms with Crippen LogP contribution in [-0.2, 0) is 32.0 Å². The minimum Gasteiger partial charge on any atom is -0.325 e. The summed E-state index contributed by atoms with van der Waals surface area (Å²) in [7, 11) is 2.66. The second-order valence-electron chi connectivity index (χ2n) is 9.25. The monoisotopic (exact) mass is 528 g/mol. The van der Waals surface area contributed by atoms with Gasteiger partial charge in [-0.1, -0.05) is 60.7 Å². The number of urea groups is 1. The SMILES string of the molecule is CN1C(=O)C(Cc2ccc(NC(=O)C(Cc3ccccc3)C(=O)N(O)c3ccccc3)cc2)C(=O)N(C)C1=O. The molecule has 3 aromatic carbocycles. The molecule has 0 aromatic heterocycles. The number of para-hydroxylation sites is 1. The first-order valence-electron chi connectivity index (χ1n) is 12.3. The highest BCUT2D eigenvalue weighted by Gasteiger charge is 2.42. The smallest absolute Gasteiger partial charge is 0.325 e. The predicted octanol–water partition coefficient (Wildman–Crippen LogP) is 3.12. The van der Waals surface area contributed by atoms with Crippen molar-refractivity contribution >= 4 is 41.0 Å². The predicted molar refractivity (Wildman–Crippen MR) is 143 cm³/mol. The van der Waals surface area contributed by atoms with E-state index in [0.717, 1.165) is 15.4 Å². The number of rotatable bonds is 8. The number of hydrogen-bond donors (Lipinski definition) is 2. The van der Waals surface area contributed by atoms with Crippen molar-refractivity contribution in [1.29, 1.82) is 0 Å². The Morgan fingerprint density at radius 1 is 0.821 bits per heavy atom. The molecule has 3 aromatic rings. The molecule has 0 spiro atoms. The van der Waals surface area contributed by atoms with Gasteiger partial charge in [-0.05, 0) is 48.2 Å². The molecule has 10 heteroatoms. The molecule has 1 heterocycles. The van der Waals surface area contributed by atoms with Gasteiger partial charge in [0.2, 0.25) is 17.7 Å². The molecule has 4 rings (SSSR count). The second-order valence-corrected chi connectivity index (χ2v) is 9.25. The molecule has 39 heavy (non-hydrogen) atoms. The standard InChI is InChI=1S/C29H28N4O6/c1-31-26(35)24(27(36)32(2)29(31)38)18-20-13-15-21(16-14-20)30-25(34)23(17-19-9-5-3-6-10-19)28(37)33(39)22-11-7-4-8-12-22/h3-16,23-24,39H,17-18H2,1-2H3,(H,30,34). The van der Waals surface area contributed by atoms with Crippen LogP contribution in [0, 0.1) is 11.8 Å². The Kier molecular flexibility index (Phi) is 8.16. The van der Waals surface area contributed by atoms with E-state index in [1.165, 1.54) is 14.1 Å². The van der Waals surface area contributed by atoms with Gasteiger partial charge in [-0.2, -0.15) is 5.06 Å². The van der Waals surface area contributed by atoms with E-state index in [9.17, 15) is 29.2 Å². The summed E-state index contributed by atoms with van der Waals surface area (Å²) in [5, 5.41) is 13.8. The zero-order valence-electron chi connectivity index (χ0n) is 21.5. The minimum atomic E-state index is -1.22. The molecule has 1 fully saturated rings. The van der Waals surface area contributed by atoms with Gasteiger partial charge in [0.15, 0.2) is 0 Å². The summed E-state index contributed by atoms with van der Waals surface area (Å²) >= 11 is 0. The fourth-order valence-electron chi connectivity index (χ4n) is 4.34. The van der Waals surface area contributed by atoms with Crippen molar-refractivity contribution in [3.8, 4) is 0 Å². The topological polar surface area (TPSA) is 127 Å². The fraction of sp³-hybridized carbons (Fsp3) is 0.207. The minimum absolute atomic E-state index is 0.0686. The molecule has 10 nitrogen and oxygen atoms in total. The Labute approximate surface area is 225 Å². The lowest BCUT2D eigenvalue weighted by atomic mass is 9.94. The number of barbiturate groups is 1. The Hall–Kier alpha value is -4.83. The maximum Gasteiger partial charge on any atom is 0.332 e. The fourth-order valence-corrected chi connectivity index (χ4v) is 4.34. The van der Waals surface area contributed by atoms with Crippen LogP contribution in [-0.4, -0.2) is 58.8 Å². The lowest BCUT2D eigenvalue weighted by Crippen LogP contribution is -2.57. The number of nitrogens with zero attached hydrogens (tertiary/aromatic N) is 3. The zero-order valence-corrected chi connectivity index (χ0v) is 21.5. The number of amides is 6. The van der Waals surface area contributed by atoms with Crippen LogP contribution in [0.1, 0.15) is 11.1 Å². The van der Waals surface area contributed by atoms with Gasteiger partial charge in [-0.25, -0.2) is 4.79 Å². The lowest BCUT2D eigenvalue weighted by Gasteiger charge is -2.32. The largest absolute Gasteiger partial charge is 0.332 e. The third-order valence-corrected chi connectivity index (χ3v) is 6.60. The molecule has 200 valence electrons. The van der Waals surface area contributed by atoms with Crippen LogP contribution in [0.4, 0.5) is 16.2 Å². The summed E-state index contributed by atoms with van der Waals surface area (Å²) in [5.41, 5.74) is 2.03. The van der Waals surface area contributed by atoms with Crippen molar-refractivity contribution in [3.63, 3.8) is 0 Å². The van der Waals surface area contributed by atoms with Crippen LogP contribution < -0.4 is 10.4 Å². The molecule has 0 saturated carbocycles. The maximum atomic E-state index is 13.3. The van der Waals surface area contributed by atoms with Gasteiger partial charge < -0.3 is 5.32 Å². The van der Waals surface area contributed by atoms with E-state index in [-0.39, 0.29) is 18.5 Å². The van der Waals surface area contributed by atoms with E-state index in [2.05, 4.69) is 5.32 Å². The molecule has 1 saturated heterocycles. The van der Waals surface area contributed by atoms with Gasteiger partial charge in [0.05, 0.1) is 5.69 Å². The van der Waals surface area contributed by atoms with Crippen LogP contribution in [0.5, 0.6) is 0 Å². The van der Waals surface area contributed by atoms with E-state index >= 15 is 0 Å². The molecule has 1 unspecified atom stereocenters. The van der Waals surface area contributed by atoms with Gasteiger partial charge in [-0.15, -0.1) is 0 Å². The number of imide groups is 2. The first-order chi connectivity index (χ1) is 18.7. The number of carbonyl (C=O) groups excluding carboxylic acids is 5. The van der Waals surface area contributed by atoms with Gasteiger partial charge in [0.25, 0.3) is 5.91 Å². The van der Waals surface area contributed by atoms with Crippen LogP contribution >= 0.6 is 0 Å². The number of hydroxylamine groups is 1. The number of carbonyl (C=O) groups is 5. The van der Waals surface area contributed by atoms with Crippen LogP contribution in [0.15, 0.2) is 84.9 Å². The normalized spacial score (nSPS) is 14.8. The summed E-state index contributed by atoms with van der Waals surface area (Å²) in [5.74, 6) is -4.79. The average molecular weight is 529 g/mol. The van der Waals surface area contributed by atoms with Crippen molar-refractivity contribution in [1.82, 2.24) is 9.80 Å². The Morgan fingerprint density at radius 2 is 1.36 bits per heavy atom. The first kappa shape index (κ1) is 27.2. The molecule has 1 aliphatic heterocycles. The highest BCUT2D eigenvalue weighted by atomic mass is 16.5. The number of nitrogens with one attached hydrogen (secondary N) is 1. The molecular weight excluding hydrogens is 500 g/mol. The quantitative estimate of drug-likeness (QED) is 0.263. The summed E-state index contributed by atoms with van der Waals surface area (Å²) in [6.45, 7) is 0. The van der Waals surface area contributed by atoms with Crippen LogP contribution in [0.25, 0.3) is 0 Å². The van der Waals surface area contributed by atoms with Crippen molar-refractivity contribution < 1.29 is 29.2 Å². The van der Waals surface area contributed by atoms with E-state index in [4.69, 9.17) is 0 Å².